The Bertz CT molecular complexity index is 776. The Morgan fingerprint density at radius 2 is 1.80 bits per heavy atom. The molecule has 0 atom stereocenters. The van der Waals surface area contributed by atoms with Crippen LogP contribution in [-0.4, -0.2) is 19.8 Å². The SMILES string of the molecule is CCn1c(-c2cc(O)cc(O)c2)nc2cc(F)ccc21. The molecule has 20 heavy (non-hydrogen) atoms. The fourth-order valence-electron chi connectivity index (χ4n) is 2.37. The highest BCUT2D eigenvalue weighted by molar-refractivity contribution is 5.81. The summed E-state index contributed by atoms with van der Waals surface area (Å²) < 4.78 is 15.2. The highest BCUT2D eigenvalue weighted by atomic mass is 19.1. The highest BCUT2D eigenvalue weighted by Crippen LogP contribution is 2.30. The minimum absolute atomic E-state index is 0.0408. The summed E-state index contributed by atoms with van der Waals surface area (Å²) in [5, 5.41) is 19.2. The Morgan fingerprint density at radius 3 is 2.45 bits per heavy atom. The monoisotopic (exact) mass is 272 g/mol. The largest absolute Gasteiger partial charge is 0.508 e. The minimum atomic E-state index is -0.344. The lowest BCUT2D eigenvalue weighted by molar-refractivity contribution is 0.451. The number of hydrogen-bond acceptors (Lipinski definition) is 3. The van der Waals surface area contributed by atoms with E-state index < -0.39 is 0 Å². The van der Waals surface area contributed by atoms with E-state index in [2.05, 4.69) is 4.98 Å². The molecule has 0 unspecified atom stereocenters. The lowest BCUT2D eigenvalue weighted by Gasteiger charge is -2.07. The molecule has 0 radical (unpaired) electrons. The Labute approximate surface area is 114 Å². The summed E-state index contributed by atoms with van der Waals surface area (Å²) in [5.41, 5.74) is 1.94. The zero-order valence-corrected chi connectivity index (χ0v) is 10.8. The smallest absolute Gasteiger partial charge is 0.141 e. The molecule has 0 saturated heterocycles. The van der Waals surface area contributed by atoms with Gasteiger partial charge in [0.25, 0.3) is 0 Å². The molecule has 0 aliphatic heterocycles. The van der Waals surface area contributed by atoms with Crippen molar-refractivity contribution >= 4 is 11.0 Å². The van der Waals surface area contributed by atoms with Crippen molar-refractivity contribution in [2.75, 3.05) is 0 Å². The van der Waals surface area contributed by atoms with E-state index in [0.717, 1.165) is 5.52 Å². The van der Waals surface area contributed by atoms with E-state index in [0.29, 0.717) is 23.4 Å². The van der Waals surface area contributed by atoms with Gasteiger partial charge in [0.2, 0.25) is 0 Å². The fourth-order valence-corrected chi connectivity index (χ4v) is 2.37. The molecule has 0 saturated carbocycles. The molecule has 3 aromatic rings. The first-order chi connectivity index (χ1) is 9.58. The van der Waals surface area contributed by atoms with Gasteiger partial charge in [-0.15, -0.1) is 0 Å². The molecule has 5 heteroatoms. The molecule has 1 heterocycles. The summed E-state index contributed by atoms with van der Waals surface area (Å²) in [6, 6.07) is 8.72. The van der Waals surface area contributed by atoms with Crippen LogP contribution >= 0.6 is 0 Å². The van der Waals surface area contributed by atoms with Crippen LogP contribution in [-0.2, 0) is 6.54 Å². The van der Waals surface area contributed by atoms with Crippen molar-refractivity contribution in [3.8, 4) is 22.9 Å². The second-order valence-corrected chi connectivity index (χ2v) is 4.55. The number of phenols is 2. The van der Waals surface area contributed by atoms with Gasteiger partial charge in [-0.1, -0.05) is 0 Å². The second-order valence-electron chi connectivity index (χ2n) is 4.55. The van der Waals surface area contributed by atoms with E-state index in [1.54, 1.807) is 6.07 Å². The molecular weight excluding hydrogens is 259 g/mol. The van der Waals surface area contributed by atoms with Gasteiger partial charge in [0.15, 0.2) is 0 Å². The van der Waals surface area contributed by atoms with Crippen LogP contribution in [0.15, 0.2) is 36.4 Å². The molecule has 0 bridgehead atoms. The van der Waals surface area contributed by atoms with Crippen LogP contribution in [0.1, 0.15) is 6.92 Å². The Kier molecular flexibility index (Phi) is 2.82. The Morgan fingerprint density at radius 1 is 1.10 bits per heavy atom. The third kappa shape index (κ3) is 1.97. The number of halogens is 1. The summed E-state index contributed by atoms with van der Waals surface area (Å²) >= 11 is 0. The van der Waals surface area contributed by atoms with E-state index in [9.17, 15) is 14.6 Å². The molecule has 0 fully saturated rings. The molecule has 0 spiro atoms. The van der Waals surface area contributed by atoms with Gasteiger partial charge < -0.3 is 14.8 Å². The summed E-state index contributed by atoms with van der Waals surface area (Å²) in [6.45, 7) is 2.60. The van der Waals surface area contributed by atoms with Gasteiger partial charge in [0, 0.05) is 24.2 Å². The van der Waals surface area contributed by atoms with E-state index in [1.165, 1.54) is 30.3 Å². The molecule has 3 rings (SSSR count). The fraction of sp³-hybridized carbons (Fsp3) is 0.133. The molecule has 0 aliphatic carbocycles. The second kappa shape index (κ2) is 4.52. The first kappa shape index (κ1) is 12.5. The Balaban J connectivity index is 2.29. The van der Waals surface area contributed by atoms with Gasteiger partial charge in [0.1, 0.15) is 23.1 Å². The number of phenolic OH excluding ortho intramolecular Hbond substituents is 2. The van der Waals surface area contributed by atoms with E-state index in [1.807, 2.05) is 11.5 Å². The molecule has 2 N–H and O–H groups in total. The number of benzene rings is 2. The average Bonchev–Trinajstić information content (AvgIpc) is 2.75. The normalized spacial score (nSPS) is 11.1. The van der Waals surface area contributed by atoms with Crippen molar-refractivity contribution in [1.82, 2.24) is 9.55 Å². The molecular formula is C15H13FN2O2. The lowest BCUT2D eigenvalue weighted by atomic mass is 10.2. The number of aromatic hydroxyl groups is 2. The zero-order valence-electron chi connectivity index (χ0n) is 10.8. The van der Waals surface area contributed by atoms with Crippen molar-refractivity contribution in [3.05, 3.63) is 42.2 Å². The maximum Gasteiger partial charge on any atom is 0.141 e. The maximum atomic E-state index is 13.3. The minimum Gasteiger partial charge on any atom is -0.508 e. The standard InChI is InChI=1S/C15H13FN2O2/c1-2-18-14-4-3-10(16)7-13(14)17-15(18)9-5-11(19)8-12(20)6-9/h3-8,19-20H,2H2,1H3. The number of rotatable bonds is 2. The quantitative estimate of drug-likeness (QED) is 0.752. The van der Waals surface area contributed by atoms with Crippen LogP contribution in [0.5, 0.6) is 11.5 Å². The summed E-state index contributed by atoms with van der Waals surface area (Å²) in [4.78, 5) is 4.40. The van der Waals surface area contributed by atoms with Crippen molar-refractivity contribution in [1.29, 1.82) is 0 Å². The maximum absolute atomic E-state index is 13.3. The average molecular weight is 272 g/mol. The van der Waals surface area contributed by atoms with Crippen LogP contribution in [0.3, 0.4) is 0 Å². The van der Waals surface area contributed by atoms with Gasteiger partial charge in [-0.05, 0) is 31.2 Å². The van der Waals surface area contributed by atoms with Gasteiger partial charge in [0.05, 0.1) is 11.0 Å². The first-order valence-electron chi connectivity index (χ1n) is 6.27. The third-order valence-electron chi connectivity index (χ3n) is 3.19. The number of nitrogens with zero attached hydrogens (tertiary/aromatic N) is 2. The van der Waals surface area contributed by atoms with Crippen LogP contribution in [0.25, 0.3) is 22.4 Å². The van der Waals surface area contributed by atoms with Crippen molar-refractivity contribution in [2.45, 2.75) is 13.5 Å². The van der Waals surface area contributed by atoms with Gasteiger partial charge in [-0.25, -0.2) is 9.37 Å². The molecule has 102 valence electrons. The van der Waals surface area contributed by atoms with E-state index in [-0.39, 0.29) is 17.3 Å². The van der Waals surface area contributed by atoms with Crippen LogP contribution < -0.4 is 0 Å². The molecule has 1 aromatic heterocycles. The third-order valence-corrected chi connectivity index (χ3v) is 3.19. The summed E-state index contributed by atoms with van der Waals surface area (Å²) in [5.74, 6) is 0.157. The van der Waals surface area contributed by atoms with Crippen LogP contribution in [0.4, 0.5) is 4.39 Å². The number of hydrogen-bond donors (Lipinski definition) is 2. The van der Waals surface area contributed by atoms with Gasteiger partial charge >= 0.3 is 0 Å². The van der Waals surface area contributed by atoms with Crippen molar-refractivity contribution < 1.29 is 14.6 Å². The topological polar surface area (TPSA) is 58.3 Å². The molecule has 0 amide bonds. The molecule has 4 nitrogen and oxygen atoms in total. The van der Waals surface area contributed by atoms with E-state index in [4.69, 9.17) is 0 Å². The number of fused-ring (bicyclic) bond motifs is 1. The van der Waals surface area contributed by atoms with Crippen molar-refractivity contribution in [3.63, 3.8) is 0 Å². The number of imidazole rings is 1. The summed E-state index contributed by atoms with van der Waals surface area (Å²) in [7, 11) is 0. The molecule has 0 aliphatic rings. The number of aryl methyl sites for hydroxylation is 1. The van der Waals surface area contributed by atoms with Crippen LogP contribution in [0, 0.1) is 5.82 Å². The predicted molar refractivity (Wildman–Crippen MR) is 74.1 cm³/mol. The zero-order chi connectivity index (χ0) is 14.3. The first-order valence-corrected chi connectivity index (χ1v) is 6.27. The molecule has 2 aromatic carbocycles. The highest BCUT2D eigenvalue weighted by Gasteiger charge is 2.13. The van der Waals surface area contributed by atoms with Crippen molar-refractivity contribution in [2.24, 2.45) is 0 Å². The van der Waals surface area contributed by atoms with Gasteiger partial charge in [-0.2, -0.15) is 0 Å². The van der Waals surface area contributed by atoms with Crippen LogP contribution in [0.2, 0.25) is 0 Å². The number of aromatic nitrogens is 2. The predicted octanol–water partition coefficient (Wildman–Crippen LogP) is 3.27. The van der Waals surface area contributed by atoms with Gasteiger partial charge in [-0.3, -0.25) is 0 Å². The Hall–Kier alpha value is -2.56. The summed E-state index contributed by atoms with van der Waals surface area (Å²) in [6.07, 6.45) is 0. The lowest BCUT2D eigenvalue weighted by Crippen LogP contribution is -1.97. The van der Waals surface area contributed by atoms with E-state index >= 15 is 0 Å².